The maximum absolute atomic E-state index is 11.9. The Morgan fingerprint density at radius 3 is 2.50 bits per heavy atom. The third-order valence-electron chi connectivity index (χ3n) is 3.46. The number of fused-ring (bicyclic) bond motifs is 1. The van der Waals surface area contributed by atoms with E-state index in [2.05, 4.69) is 19.1 Å². The zero-order valence-electron chi connectivity index (χ0n) is 11.3. The molecule has 0 unspecified atom stereocenters. The first-order valence-corrected chi connectivity index (χ1v) is 6.64. The van der Waals surface area contributed by atoms with Gasteiger partial charge in [0.15, 0.2) is 5.58 Å². The Bertz CT molecular complexity index is 797. The van der Waals surface area contributed by atoms with E-state index in [1.54, 1.807) is 22.8 Å². The van der Waals surface area contributed by atoms with E-state index in [1.165, 1.54) is 5.56 Å². The Hall–Kier alpha value is -2.49. The van der Waals surface area contributed by atoms with E-state index in [0.717, 1.165) is 17.5 Å². The molecule has 3 rings (SSSR count). The number of nitrogen functional groups attached to an aromatic ring is 1. The molecule has 2 aromatic carbocycles. The zero-order valence-corrected chi connectivity index (χ0v) is 11.3. The molecule has 0 aliphatic heterocycles. The fourth-order valence-corrected chi connectivity index (χ4v) is 2.29. The van der Waals surface area contributed by atoms with Gasteiger partial charge in [-0.3, -0.25) is 4.57 Å². The topological polar surface area (TPSA) is 61.2 Å². The van der Waals surface area contributed by atoms with Crippen molar-refractivity contribution in [3.05, 3.63) is 64.1 Å². The highest BCUT2D eigenvalue weighted by atomic mass is 16.4. The Balaban J connectivity index is 2.03. The van der Waals surface area contributed by atoms with Crippen LogP contribution in [0.25, 0.3) is 11.1 Å². The number of hydrogen-bond donors (Lipinski definition) is 1. The maximum atomic E-state index is 11.9. The predicted octanol–water partition coefficient (Wildman–Crippen LogP) is 2.79. The van der Waals surface area contributed by atoms with E-state index in [-0.39, 0.29) is 5.76 Å². The molecule has 0 spiro atoms. The van der Waals surface area contributed by atoms with E-state index >= 15 is 0 Å². The van der Waals surface area contributed by atoms with Crippen LogP contribution in [0.1, 0.15) is 18.1 Å². The van der Waals surface area contributed by atoms with Crippen LogP contribution in [-0.4, -0.2) is 4.57 Å². The summed E-state index contributed by atoms with van der Waals surface area (Å²) in [6, 6.07) is 13.5. The summed E-state index contributed by atoms with van der Waals surface area (Å²) < 4.78 is 6.83. The van der Waals surface area contributed by atoms with E-state index in [1.807, 2.05) is 12.1 Å². The highest BCUT2D eigenvalue weighted by Crippen LogP contribution is 2.17. The molecular weight excluding hydrogens is 252 g/mol. The number of benzene rings is 2. The minimum Gasteiger partial charge on any atom is -0.408 e. The molecule has 0 amide bonds. The number of nitrogens with zero attached hydrogens (tertiary/aromatic N) is 1. The summed E-state index contributed by atoms with van der Waals surface area (Å²) in [5.41, 5.74) is 10.0. The first-order valence-electron chi connectivity index (χ1n) is 6.64. The molecule has 0 aliphatic carbocycles. The van der Waals surface area contributed by atoms with Crippen molar-refractivity contribution in [1.82, 2.24) is 4.57 Å². The van der Waals surface area contributed by atoms with Crippen molar-refractivity contribution < 1.29 is 4.42 Å². The Morgan fingerprint density at radius 2 is 1.80 bits per heavy atom. The van der Waals surface area contributed by atoms with Crippen LogP contribution < -0.4 is 11.5 Å². The lowest BCUT2D eigenvalue weighted by Crippen LogP contribution is -2.14. The van der Waals surface area contributed by atoms with Crippen LogP contribution in [0.15, 0.2) is 51.7 Å². The van der Waals surface area contributed by atoms with Crippen LogP contribution >= 0.6 is 0 Å². The quantitative estimate of drug-likeness (QED) is 0.743. The monoisotopic (exact) mass is 268 g/mol. The molecule has 20 heavy (non-hydrogen) atoms. The number of hydrogen-bond acceptors (Lipinski definition) is 3. The van der Waals surface area contributed by atoms with Crippen molar-refractivity contribution >= 4 is 16.8 Å². The van der Waals surface area contributed by atoms with Crippen LogP contribution in [0.3, 0.4) is 0 Å². The van der Waals surface area contributed by atoms with Gasteiger partial charge < -0.3 is 10.2 Å². The van der Waals surface area contributed by atoms with E-state index in [9.17, 15) is 4.79 Å². The number of rotatable bonds is 3. The molecule has 1 heterocycles. The van der Waals surface area contributed by atoms with Gasteiger partial charge in [0.1, 0.15) is 0 Å². The van der Waals surface area contributed by atoms with Crippen molar-refractivity contribution in [1.29, 1.82) is 0 Å². The van der Waals surface area contributed by atoms with Crippen molar-refractivity contribution in [3.8, 4) is 0 Å². The smallest absolute Gasteiger partial charge is 0.408 e. The molecule has 3 aromatic rings. The minimum absolute atomic E-state index is 0.356. The number of aromatic nitrogens is 1. The van der Waals surface area contributed by atoms with Crippen molar-refractivity contribution in [2.75, 3.05) is 5.73 Å². The second-order valence-electron chi connectivity index (χ2n) is 4.85. The third-order valence-corrected chi connectivity index (χ3v) is 3.46. The van der Waals surface area contributed by atoms with Crippen molar-refractivity contribution in [3.63, 3.8) is 0 Å². The second kappa shape index (κ2) is 4.89. The first-order chi connectivity index (χ1) is 9.67. The average molecular weight is 268 g/mol. The third kappa shape index (κ3) is 2.20. The summed E-state index contributed by atoms with van der Waals surface area (Å²) >= 11 is 0. The van der Waals surface area contributed by atoms with Gasteiger partial charge in [-0.15, -0.1) is 0 Å². The molecule has 0 saturated carbocycles. The van der Waals surface area contributed by atoms with Gasteiger partial charge in [0.25, 0.3) is 0 Å². The summed E-state index contributed by atoms with van der Waals surface area (Å²) in [7, 11) is 0. The van der Waals surface area contributed by atoms with Crippen LogP contribution in [0, 0.1) is 0 Å². The Kier molecular flexibility index (Phi) is 3.06. The van der Waals surface area contributed by atoms with Gasteiger partial charge in [-0.25, -0.2) is 4.79 Å². The molecule has 0 atom stereocenters. The highest BCUT2D eigenvalue weighted by Gasteiger charge is 2.09. The average Bonchev–Trinajstić information content (AvgIpc) is 2.76. The molecule has 2 N–H and O–H groups in total. The lowest BCUT2D eigenvalue weighted by Gasteiger charge is -2.04. The van der Waals surface area contributed by atoms with Crippen LogP contribution in [0.2, 0.25) is 0 Å². The van der Waals surface area contributed by atoms with Gasteiger partial charge in [0, 0.05) is 5.69 Å². The second-order valence-corrected chi connectivity index (χ2v) is 4.85. The summed E-state index contributed by atoms with van der Waals surface area (Å²) in [6.07, 6.45) is 1.01. The molecule has 0 bridgehead atoms. The zero-order chi connectivity index (χ0) is 14.1. The maximum Gasteiger partial charge on any atom is 0.420 e. The molecule has 4 heteroatoms. The molecule has 0 aliphatic rings. The first kappa shape index (κ1) is 12.5. The standard InChI is InChI=1S/C16H16N2O2/c1-2-11-3-5-12(6-4-11)10-18-14-9-13(17)7-8-15(14)20-16(18)19/h3-9H,2,10,17H2,1H3. The summed E-state index contributed by atoms with van der Waals surface area (Å²) in [4.78, 5) is 11.9. The molecule has 0 fully saturated rings. The van der Waals surface area contributed by atoms with Crippen LogP contribution in [0.4, 0.5) is 5.69 Å². The Morgan fingerprint density at radius 1 is 1.10 bits per heavy atom. The number of aryl methyl sites for hydroxylation is 1. The van der Waals surface area contributed by atoms with Gasteiger partial charge >= 0.3 is 5.76 Å². The molecule has 0 saturated heterocycles. The largest absolute Gasteiger partial charge is 0.420 e. The normalized spacial score (nSPS) is 11.1. The van der Waals surface area contributed by atoms with E-state index < -0.39 is 0 Å². The molecular formula is C16H16N2O2. The minimum atomic E-state index is -0.356. The van der Waals surface area contributed by atoms with Gasteiger partial charge in [-0.05, 0) is 35.7 Å². The number of nitrogens with two attached hydrogens (primary N) is 1. The molecule has 4 nitrogen and oxygen atoms in total. The fraction of sp³-hybridized carbons (Fsp3) is 0.188. The van der Waals surface area contributed by atoms with Crippen LogP contribution in [0.5, 0.6) is 0 Å². The Labute approximate surface area is 116 Å². The van der Waals surface area contributed by atoms with E-state index in [4.69, 9.17) is 10.2 Å². The van der Waals surface area contributed by atoms with Crippen LogP contribution in [-0.2, 0) is 13.0 Å². The van der Waals surface area contributed by atoms with Crippen molar-refractivity contribution in [2.45, 2.75) is 19.9 Å². The number of anilines is 1. The summed E-state index contributed by atoms with van der Waals surface area (Å²) in [6.45, 7) is 2.60. The van der Waals surface area contributed by atoms with Gasteiger partial charge in [-0.1, -0.05) is 31.2 Å². The van der Waals surface area contributed by atoms with Gasteiger partial charge in [-0.2, -0.15) is 0 Å². The summed E-state index contributed by atoms with van der Waals surface area (Å²) in [5, 5.41) is 0. The molecule has 0 radical (unpaired) electrons. The SMILES string of the molecule is CCc1ccc(Cn2c(=O)oc3ccc(N)cc32)cc1. The molecule has 102 valence electrons. The van der Waals surface area contributed by atoms with Crippen molar-refractivity contribution in [2.24, 2.45) is 0 Å². The lowest BCUT2D eigenvalue weighted by atomic mass is 10.1. The summed E-state index contributed by atoms with van der Waals surface area (Å²) in [5.74, 6) is -0.356. The molecule has 1 aromatic heterocycles. The highest BCUT2D eigenvalue weighted by molar-refractivity contribution is 5.77. The predicted molar refractivity (Wildman–Crippen MR) is 79.8 cm³/mol. The fourth-order valence-electron chi connectivity index (χ4n) is 2.29. The number of oxazole rings is 1. The van der Waals surface area contributed by atoms with Gasteiger partial charge in [0.2, 0.25) is 0 Å². The van der Waals surface area contributed by atoms with Gasteiger partial charge in [0.05, 0.1) is 12.1 Å². The van der Waals surface area contributed by atoms with E-state index in [0.29, 0.717) is 17.8 Å². The lowest BCUT2D eigenvalue weighted by molar-refractivity contribution is 0.517.